The third-order valence-electron chi connectivity index (χ3n) is 5.71. The van der Waals surface area contributed by atoms with Crippen molar-refractivity contribution in [1.82, 2.24) is 9.55 Å². The van der Waals surface area contributed by atoms with Gasteiger partial charge in [0, 0.05) is 12.5 Å². The number of amides is 1. The van der Waals surface area contributed by atoms with Gasteiger partial charge in [-0.05, 0) is 61.4 Å². The van der Waals surface area contributed by atoms with Crippen LogP contribution in [0.1, 0.15) is 29.9 Å². The lowest BCUT2D eigenvalue weighted by Gasteiger charge is -2.14. The predicted octanol–water partition coefficient (Wildman–Crippen LogP) is 5.38. The maximum atomic E-state index is 14.8. The molecule has 0 unspecified atom stereocenters. The summed E-state index contributed by atoms with van der Waals surface area (Å²) in [5.74, 6) is -1.32. The van der Waals surface area contributed by atoms with E-state index in [-0.39, 0.29) is 37.6 Å². The first-order chi connectivity index (χ1) is 17.2. The Morgan fingerprint density at radius 2 is 1.70 bits per heavy atom. The number of halogens is 3. The largest absolute Gasteiger partial charge is 0.384 e. The Kier molecular flexibility index (Phi) is 6.94. The fourth-order valence-corrected chi connectivity index (χ4v) is 5.27. The van der Waals surface area contributed by atoms with Gasteiger partial charge in [0.05, 0.1) is 37.4 Å². The number of nitrogens with zero attached hydrogens (tertiary/aromatic N) is 2. The number of benzene rings is 3. The SMILES string of the molecule is CC(C)(O)c1cn(-c2ccc(-c3ccc(C(N)=O)c(S(C)(=O)=O)c3)cc2Cl)c(-c2c(F)cccc2Cl)n1. The molecule has 1 amide bonds. The van der Waals surface area contributed by atoms with Gasteiger partial charge in [0.25, 0.3) is 0 Å². The number of hydrogen-bond donors (Lipinski definition) is 2. The minimum Gasteiger partial charge on any atom is -0.384 e. The summed E-state index contributed by atoms with van der Waals surface area (Å²) >= 11 is 13.0. The van der Waals surface area contributed by atoms with E-state index >= 15 is 0 Å². The average Bonchev–Trinajstić information content (AvgIpc) is 3.23. The molecule has 4 aromatic rings. The first-order valence-electron chi connectivity index (χ1n) is 10.9. The number of aliphatic hydroxyl groups is 1. The van der Waals surface area contributed by atoms with Crippen LogP contribution in [-0.2, 0) is 15.4 Å². The van der Waals surface area contributed by atoms with Gasteiger partial charge in [-0.25, -0.2) is 17.8 Å². The summed E-state index contributed by atoms with van der Waals surface area (Å²) in [5.41, 5.74) is 5.65. The number of nitrogens with two attached hydrogens (primary N) is 1. The van der Waals surface area contributed by atoms with Crippen LogP contribution in [0.5, 0.6) is 0 Å². The van der Waals surface area contributed by atoms with Crippen molar-refractivity contribution in [2.75, 3.05) is 6.26 Å². The predicted molar refractivity (Wildman–Crippen MR) is 141 cm³/mol. The zero-order valence-corrected chi connectivity index (χ0v) is 22.3. The molecule has 1 aromatic heterocycles. The molecule has 0 spiro atoms. The van der Waals surface area contributed by atoms with Gasteiger partial charge < -0.3 is 10.8 Å². The van der Waals surface area contributed by atoms with Gasteiger partial charge in [0.1, 0.15) is 17.2 Å². The molecule has 37 heavy (non-hydrogen) atoms. The Morgan fingerprint density at radius 1 is 1.05 bits per heavy atom. The fourth-order valence-electron chi connectivity index (χ4n) is 3.84. The van der Waals surface area contributed by atoms with E-state index in [9.17, 15) is 22.7 Å². The molecule has 4 rings (SSSR count). The molecule has 3 aromatic carbocycles. The zero-order chi connectivity index (χ0) is 27.3. The number of rotatable bonds is 6. The van der Waals surface area contributed by atoms with E-state index in [1.807, 2.05) is 0 Å². The Morgan fingerprint density at radius 3 is 2.27 bits per heavy atom. The number of hydrogen-bond acceptors (Lipinski definition) is 5. The van der Waals surface area contributed by atoms with Crippen LogP contribution in [0.25, 0.3) is 28.2 Å². The minimum absolute atomic E-state index is 0.0413. The summed E-state index contributed by atoms with van der Waals surface area (Å²) in [6.07, 6.45) is 2.53. The van der Waals surface area contributed by atoms with Crippen LogP contribution >= 0.6 is 23.2 Å². The summed E-state index contributed by atoms with van der Waals surface area (Å²) in [6, 6.07) is 13.5. The summed E-state index contributed by atoms with van der Waals surface area (Å²) in [4.78, 5) is 16.0. The molecule has 0 aliphatic rings. The van der Waals surface area contributed by atoms with Crippen molar-refractivity contribution in [2.45, 2.75) is 24.3 Å². The van der Waals surface area contributed by atoms with Crippen LogP contribution in [0.4, 0.5) is 4.39 Å². The number of primary amides is 1. The zero-order valence-electron chi connectivity index (χ0n) is 20.0. The quantitative estimate of drug-likeness (QED) is 0.327. The lowest BCUT2D eigenvalue weighted by Crippen LogP contribution is -2.15. The van der Waals surface area contributed by atoms with E-state index in [4.69, 9.17) is 28.9 Å². The summed E-state index contributed by atoms with van der Waals surface area (Å²) in [6.45, 7) is 3.10. The molecule has 0 aliphatic carbocycles. The lowest BCUT2D eigenvalue weighted by molar-refractivity contribution is 0.0743. The van der Waals surface area contributed by atoms with Crippen molar-refractivity contribution in [3.63, 3.8) is 0 Å². The van der Waals surface area contributed by atoms with Crippen molar-refractivity contribution in [3.05, 3.63) is 87.9 Å². The highest BCUT2D eigenvalue weighted by atomic mass is 35.5. The van der Waals surface area contributed by atoms with E-state index < -0.39 is 27.2 Å². The maximum absolute atomic E-state index is 14.8. The molecular weight excluding hydrogens is 540 g/mol. The number of carbonyl (C=O) groups excluding carboxylic acids is 1. The van der Waals surface area contributed by atoms with Crippen LogP contribution < -0.4 is 5.73 Å². The van der Waals surface area contributed by atoms with Gasteiger partial charge in [-0.15, -0.1) is 0 Å². The molecule has 1 heterocycles. The number of sulfone groups is 1. The standard InChI is InChI=1S/C26H22Cl2FN3O4S/c1-26(2,34)22-13-32(25(31-22)23-17(27)5-4-6-19(23)29)20-10-8-14(11-18(20)28)15-7-9-16(24(30)33)21(12-15)37(3,35)36/h4-13,34H,1-3H3,(H2,30,33). The first kappa shape index (κ1) is 26.8. The highest BCUT2D eigenvalue weighted by Crippen LogP contribution is 2.37. The molecule has 7 nitrogen and oxygen atoms in total. The fraction of sp³-hybridized carbons (Fsp3) is 0.154. The Balaban J connectivity index is 1.89. The van der Waals surface area contributed by atoms with Gasteiger partial charge in [-0.3, -0.25) is 9.36 Å². The van der Waals surface area contributed by atoms with Crippen molar-refractivity contribution in [1.29, 1.82) is 0 Å². The highest BCUT2D eigenvalue weighted by molar-refractivity contribution is 7.90. The van der Waals surface area contributed by atoms with E-state index in [0.717, 1.165) is 6.26 Å². The second kappa shape index (κ2) is 9.57. The van der Waals surface area contributed by atoms with Crippen LogP contribution in [-0.4, -0.2) is 35.2 Å². The number of carbonyl (C=O) groups is 1. The second-order valence-corrected chi connectivity index (χ2v) is 11.8. The molecule has 0 fully saturated rings. The Bertz CT molecular complexity index is 1640. The molecule has 0 aliphatic heterocycles. The van der Waals surface area contributed by atoms with Crippen molar-refractivity contribution in [2.24, 2.45) is 5.73 Å². The van der Waals surface area contributed by atoms with Gasteiger partial charge in [-0.1, -0.05) is 41.4 Å². The Hall–Kier alpha value is -3.24. The second-order valence-electron chi connectivity index (χ2n) is 8.99. The monoisotopic (exact) mass is 561 g/mol. The van der Waals surface area contributed by atoms with Gasteiger partial charge in [-0.2, -0.15) is 0 Å². The van der Waals surface area contributed by atoms with E-state index in [0.29, 0.717) is 16.8 Å². The molecule has 0 saturated heterocycles. The normalized spacial score (nSPS) is 12.1. The van der Waals surface area contributed by atoms with Gasteiger partial charge in [0.15, 0.2) is 9.84 Å². The number of imidazole rings is 1. The first-order valence-corrected chi connectivity index (χ1v) is 13.5. The Labute approximate surface area is 223 Å². The molecule has 3 N–H and O–H groups in total. The topological polar surface area (TPSA) is 115 Å². The maximum Gasteiger partial charge on any atom is 0.250 e. The smallest absolute Gasteiger partial charge is 0.250 e. The molecule has 0 saturated carbocycles. The van der Waals surface area contributed by atoms with Crippen molar-refractivity contribution < 1.29 is 22.7 Å². The van der Waals surface area contributed by atoms with Gasteiger partial charge in [0.2, 0.25) is 5.91 Å². The van der Waals surface area contributed by atoms with Crippen LogP contribution in [0.2, 0.25) is 10.0 Å². The minimum atomic E-state index is -3.74. The third-order valence-corrected chi connectivity index (χ3v) is 7.46. The molecular formula is C26H22Cl2FN3O4S. The van der Waals surface area contributed by atoms with Gasteiger partial charge >= 0.3 is 0 Å². The molecule has 0 atom stereocenters. The average molecular weight is 562 g/mol. The molecule has 11 heteroatoms. The molecule has 0 radical (unpaired) electrons. The lowest BCUT2D eigenvalue weighted by atomic mass is 10.0. The summed E-state index contributed by atoms with van der Waals surface area (Å²) in [5, 5.41) is 10.9. The van der Waals surface area contributed by atoms with Crippen molar-refractivity contribution in [3.8, 4) is 28.2 Å². The third kappa shape index (κ3) is 5.26. The highest BCUT2D eigenvalue weighted by Gasteiger charge is 2.26. The number of aromatic nitrogens is 2. The van der Waals surface area contributed by atoms with Crippen LogP contribution in [0, 0.1) is 5.82 Å². The van der Waals surface area contributed by atoms with Crippen molar-refractivity contribution >= 4 is 38.9 Å². The van der Waals surface area contributed by atoms with Crippen LogP contribution in [0.3, 0.4) is 0 Å². The molecule has 192 valence electrons. The summed E-state index contributed by atoms with van der Waals surface area (Å²) < 4.78 is 40.9. The molecule has 0 bridgehead atoms. The summed E-state index contributed by atoms with van der Waals surface area (Å²) in [7, 11) is -3.74. The van der Waals surface area contributed by atoms with E-state index in [1.54, 1.807) is 44.3 Å². The van der Waals surface area contributed by atoms with E-state index in [1.165, 1.54) is 34.9 Å². The van der Waals surface area contributed by atoms with Crippen LogP contribution in [0.15, 0.2) is 65.7 Å². The van der Waals surface area contributed by atoms with E-state index in [2.05, 4.69) is 4.98 Å².